The fourth-order valence-corrected chi connectivity index (χ4v) is 2.59. The molecular formula is C15H15F3N4O3. The number of nitro groups is 1. The highest BCUT2D eigenvalue weighted by Crippen LogP contribution is 2.35. The fraction of sp³-hybridized carbons (Fsp3) is 0.467. The Bertz CT molecular complexity index is 722. The van der Waals surface area contributed by atoms with Crippen LogP contribution >= 0.6 is 0 Å². The van der Waals surface area contributed by atoms with Crippen molar-refractivity contribution in [2.75, 3.05) is 33.2 Å². The van der Waals surface area contributed by atoms with Crippen molar-refractivity contribution in [3.05, 3.63) is 39.4 Å². The smallest absolute Gasteiger partial charge is 0.339 e. The summed E-state index contributed by atoms with van der Waals surface area (Å²) in [4.78, 5) is 26.1. The molecule has 1 aliphatic rings. The Morgan fingerprint density at radius 1 is 1.32 bits per heavy atom. The summed E-state index contributed by atoms with van der Waals surface area (Å²) in [6.45, 7) is 1.86. The van der Waals surface area contributed by atoms with Crippen LogP contribution in [0.15, 0.2) is 18.2 Å². The third kappa shape index (κ3) is 4.06. The van der Waals surface area contributed by atoms with Gasteiger partial charge in [0.2, 0.25) is 5.91 Å². The van der Waals surface area contributed by atoms with E-state index in [1.54, 1.807) is 6.07 Å². The number of rotatable bonds is 3. The molecule has 0 aromatic heterocycles. The molecule has 0 N–H and O–H groups in total. The average Bonchev–Trinajstić information content (AvgIpc) is 2.55. The van der Waals surface area contributed by atoms with E-state index in [9.17, 15) is 33.3 Å². The molecule has 0 bridgehead atoms. The van der Waals surface area contributed by atoms with Crippen LogP contribution in [0.1, 0.15) is 17.0 Å². The highest BCUT2D eigenvalue weighted by atomic mass is 19.4. The zero-order valence-electron chi connectivity index (χ0n) is 13.3. The molecule has 2 rings (SSSR count). The highest BCUT2D eigenvalue weighted by Gasteiger charge is 2.37. The average molecular weight is 356 g/mol. The van der Waals surface area contributed by atoms with Crippen molar-refractivity contribution in [1.82, 2.24) is 9.80 Å². The standard InChI is InChI=1S/C15H15F3N4O3/c1-20-4-6-21(7-5-20)14(23)12(9-19)11-3-2-10(15(16,17)18)8-13(11)22(24)25/h2-3,8,12H,4-7H2,1H3. The van der Waals surface area contributed by atoms with Crippen LogP contribution in [-0.2, 0) is 11.0 Å². The lowest BCUT2D eigenvalue weighted by Crippen LogP contribution is -2.48. The number of amides is 1. The lowest BCUT2D eigenvalue weighted by molar-refractivity contribution is -0.385. The molecule has 1 atom stereocenters. The van der Waals surface area contributed by atoms with Crippen LogP contribution in [0.25, 0.3) is 0 Å². The van der Waals surface area contributed by atoms with E-state index >= 15 is 0 Å². The Morgan fingerprint density at radius 3 is 2.40 bits per heavy atom. The maximum Gasteiger partial charge on any atom is 0.416 e. The molecule has 1 amide bonds. The quantitative estimate of drug-likeness (QED) is 0.610. The number of halogens is 3. The van der Waals surface area contributed by atoms with E-state index in [1.165, 1.54) is 4.90 Å². The van der Waals surface area contributed by atoms with E-state index in [0.717, 1.165) is 6.07 Å². The van der Waals surface area contributed by atoms with E-state index in [2.05, 4.69) is 0 Å². The minimum atomic E-state index is -4.76. The first-order chi connectivity index (χ1) is 11.6. The SMILES string of the molecule is CN1CCN(C(=O)C(C#N)c2ccc(C(F)(F)F)cc2[N+](=O)[O-])CC1. The number of benzene rings is 1. The molecule has 0 saturated carbocycles. The molecular weight excluding hydrogens is 341 g/mol. The summed E-state index contributed by atoms with van der Waals surface area (Å²) in [7, 11) is 1.87. The lowest BCUT2D eigenvalue weighted by Gasteiger charge is -2.33. The third-order valence-electron chi connectivity index (χ3n) is 4.06. The highest BCUT2D eigenvalue weighted by molar-refractivity contribution is 5.88. The Labute approximate surface area is 141 Å². The number of hydrogen-bond donors (Lipinski definition) is 0. The number of carbonyl (C=O) groups is 1. The number of piperazine rings is 1. The van der Waals surface area contributed by atoms with Gasteiger partial charge in [-0.15, -0.1) is 0 Å². The predicted octanol–water partition coefficient (Wildman–Crippen LogP) is 1.99. The molecule has 1 saturated heterocycles. The number of hydrogen-bond acceptors (Lipinski definition) is 5. The Kier molecular flexibility index (Phi) is 5.27. The number of carbonyl (C=O) groups excluding carboxylic acids is 1. The molecule has 0 radical (unpaired) electrons. The van der Waals surface area contributed by atoms with Crippen LogP contribution in [-0.4, -0.2) is 53.9 Å². The van der Waals surface area contributed by atoms with Gasteiger partial charge in [0, 0.05) is 32.2 Å². The van der Waals surface area contributed by atoms with Crippen LogP contribution in [0.3, 0.4) is 0 Å². The van der Waals surface area contributed by atoms with Gasteiger partial charge in [0.25, 0.3) is 5.69 Å². The van der Waals surface area contributed by atoms with E-state index in [4.69, 9.17) is 0 Å². The van der Waals surface area contributed by atoms with E-state index in [1.807, 2.05) is 11.9 Å². The topological polar surface area (TPSA) is 90.5 Å². The lowest BCUT2D eigenvalue weighted by atomic mass is 9.95. The molecule has 1 unspecified atom stereocenters. The van der Waals surface area contributed by atoms with Crippen molar-refractivity contribution in [3.63, 3.8) is 0 Å². The summed E-state index contributed by atoms with van der Waals surface area (Å²) in [6.07, 6.45) is -4.76. The van der Waals surface area contributed by atoms with Crippen LogP contribution in [0.5, 0.6) is 0 Å². The van der Waals surface area contributed by atoms with Gasteiger partial charge in [-0.1, -0.05) is 0 Å². The van der Waals surface area contributed by atoms with Gasteiger partial charge in [0.05, 0.1) is 22.1 Å². The Balaban J connectivity index is 2.38. The van der Waals surface area contributed by atoms with Gasteiger partial charge in [-0.2, -0.15) is 18.4 Å². The zero-order chi connectivity index (χ0) is 18.8. The minimum absolute atomic E-state index is 0.329. The summed E-state index contributed by atoms with van der Waals surface area (Å²) in [5.74, 6) is -2.16. The van der Waals surface area contributed by atoms with Crippen LogP contribution in [0, 0.1) is 21.4 Å². The number of nitro benzene ring substituents is 1. The van der Waals surface area contributed by atoms with Gasteiger partial charge in [0.15, 0.2) is 5.92 Å². The van der Waals surface area contributed by atoms with Crippen molar-refractivity contribution in [2.24, 2.45) is 0 Å². The van der Waals surface area contributed by atoms with Crippen molar-refractivity contribution in [3.8, 4) is 6.07 Å². The van der Waals surface area contributed by atoms with Crippen LogP contribution in [0.2, 0.25) is 0 Å². The maximum atomic E-state index is 12.8. The molecule has 10 heteroatoms. The number of likely N-dealkylation sites (N-methyl/N-ethyl adjacent to an activating group) is 1. The van der Waals surface area contributed by atoms with Gasteiger partial charge in [-0.05, 0) is 19.2 Å². The van der Waals surface area contributed by atoms with Crippen molar-refractivity contribution in [2.45, 2.75) is 12.1 Å². The normalized spacial score (nSPS) is 17.0. The van der Waals surface area contributed by atoms with Crippen LogP contribution < -0.4 is 0 Å². The molecule has 1 aliphatic heterocycles. The first-order valence-corrected chi connectivity index (χ1v) is 7.37. The molecule has 0 aliphatic carbocycles. The number of nitriles is 1. The van der Waals surface area contributed by atoms with Gasteiger partial charge < -0.3 is 9.80 Å². The Hall–Kier alpha value is -2.67. The second kappa shape index (κ2) is 7.06. The molecule has 1 aromatic carbocycles. The molecule has 0 spiro atoms. The van der Waals surface area contributed by atoms with Crippen molar-refractivity contribution >= 4 is 11.6 Å². The largest absolute Gasteiger partial charge is 0.416 e. The van der Waals surface area contributed by atoms with E-state index < -0.39 is 34.2 Å². The van der Waals surface area contributed by atoms with Crippen molar-refractivity contribution < 1.29 is 22.9 Å². The molecule has 1 fully saturated rings. The molecule has 7 nitrogen and oxygen atoms in total. The molecule has 1 aromatic rings. The maximum absolute atomic E-state index is 12.8. The van der Waals surface area contributed by atoms with Gasteiger partial charge in [0.1, 0.15) is 0 Å². The summed E-state index contributed by atoms with van der Waals surface area (Å²) < 4.78 is 38.3. The second-order valence-corrected chi connectivity index (χ2v) is 5.72. The van der Waals surface area contributed by atoms with Gasteiger partial charge >= 0.3 is 6.18 Å². The monoisotopic (exact) mass is 356 g/mol. The summed E-state index contributed by atoms with van der Waals surface area (Å²) >= 11 is 0. The molecule has 25 heavy (non-hydrogen) atoms. The second-order valence-electron chi connectivity index (χ2n) is 5.72. The van der Waals surface area contributed by atoms with Gasteiger partial charge in [-0.25, -0.2) is 0 Å². The summed E-state index contributed by atoms with van der Waals surface area (Å²) in [5.41, 5.74) is -2.42. The number of alkyl halides is 3. The zero-order valence-corrected chi connectivity index (χ0v) is 13.3. The minimum Gasteiger partial charge on any atom is -0.339 e. The summed E-state index contributed by atoms with van der Waals surface area (Å²) in [6, 6.07) is 3.53. The van der Waals surface area contributed by atoms with E-state index in [-0.39, 0.29) is 5.56 Å². The first-order valence-electron chi connectivity index (χ1n) is 7.37. The number of nitrogens with zero attached hydrogens (tertiary/aromatic N) is 4. The van der Waals surface area contributed by atoms with E-state index in [0.29, 0.717) is 38.3 Å². The third-order valence-corrected chi connectivity index (χ3v) is 4.06. The van der Waals surface area contributed by atoms with Crippen molar-refractivity contribution in [1.29, 1.82) is 5.26 Å². The van der Waals surface area contributed by atoms with Gasteiger partial charge in [-0.3, -0.25) is 14.9 Å². The fourth-order valence-electron chi connectivity index (χ4n) is 2.59. The predicted molar refractivity (Wildman–Crippen MR) is 80.5 cm³/mol. The first kappa shape index (κ1) is 18.7. The molecule has 134 valence electrons. The summed E-state index contributed by atoms with van der Waals surface area (Å²) in [5, 5.41) is 20.5. The molecule has 1 heterocycles. The van der Waals surface area contributed by atoms with Crippen LogP contribution in [0.4, 0.5) is 18.9 Å². The Morgan fingerprint density at radius 2 is 1.92 bits per heavy atom.